The van der Waals surface area contributed by atoms with E-state index in [1.165, 1.54) is 12.4 Å². The van der Waals surface area contributed by atoms with Gasteiger partial charge in [-0.25, -0.2) is 14.8 Å². The minimum Gasteiger partial charge on any atom is -0.444 e. The van der Waals surface area contributed by atoms with Gasteiger partial charge in [0.1, 0.15) is 17.2 Å². The van der Waals surface area contributed by atoms with Crippen LogP contribution in [0.5, 0.6) is 0 Å². The molecule has 4 aliphatic heterocycles. The van der Waals surface area contributed by atoms with Crippen LogP contribution in [0, 0.1) is 11.8 Å². The van der Waals surface area contributed by atoms with Gasteiger partial charge in [0, 0.05) is 119 Å². The number of nitrogens with one attached hydrogen (secondary N) is 3. The zero-order valence-corrected chi connectivity index (χ0v) is 52.7. The quantitative estimate of drug-likeness (QED) is 0.109. The number of likely N-dealkylation sites (N-methyl/N-ethyl adjacent to an activating group) is 2. The number of nitrogens with two attached hydrogens (primary N) is 1. The predicted octanol–water partition coefficient (Wildman–Crippen LogP) is 7.14. The first kappa shape index (κ1) is 63.6. The Morgan fingerprint density at radius 1 is 0.540 bits per heavy atom. The Bertz CT molecular complexity index is 3150. The van der Waals surface area contributed by atoms with Crippen molar-refractivity contribution in [3.63, 3.8) is 0 Å². The summed E-state index contributed by atoms with van der Waals surface area (Å²) in [5.41, 5.74) is 11.9. The summed E-state index contributed by atoms with van der Waals surface area (Å²) in [4.78, 5) is 118. The fourth-order valence-corrected chi connectivity index (χ4v) is 11.9. The predicted molar refractivity (Wildman–Crippen MR) is 337 cm³/mol. The van der Waals surface area contributed by atoms with Gasteiger partial charge >= 0.3 is 29.7 Å². The topological polar surface area (TPSA) is 243 Å². The van der Waals surface area contributed by atoms with Crippen LogP contribution in [0.3, 0.4) is 0 Å². The number of hydrogen-bond donors (Lipinski definition) is 4. The fraction of sp³-hybridized carbons (Fsp3) is 0.554. The molecule has 0 radical (unpaired) electrons. The van der Waals surface area contributed by atoms with Crippen molar-refractivity contribution in [2.24, 2.45) is 11.8 Å². The van der Waals surface area contributed by atoms with Crippen molar-refractivity contribution >= 4 is 75.9 Å². The van der Waals surface area contributed by atoms with Crippen molar-refractivity contribution in [3.8, 4) is 0 Å². The van der Waals surface area contributed by atoms with Gasteiger partial charge in [-0.1, -0.05) is 52.0 Å². The van der Waals surface area contributed by atoms with Crippen molar-refractivity contribution in [1.29, 1.82) is 0 Å². The van der Waals surface area contributed by atoms with Gasteiger partial charge in [0.05, 0.1) is 35.9 Å². The molecule has 2 aromatic carbocycles. The second-order valence-electron chi connectivity index (χ2n) is 26.1. The monoisotopic (exact) mass is 1190 g/mol. The Labute approximate surface area is 512 Å². The molecule has 5 N–H and O–H groups in total. The highest BCUT2D eigenvalue weighted by atomic mass is 16.6. The van der Waals surface area contributed by atoms with Gasteiger partial charge in [0.15, 0.2) is 0 Å². The molecular formula is C65H90N14O8. The fourth-order valence-electron chi connectivity index (χ4n) is 11.9. The van der Waals surface area contributed by atoms with Crippen LogP contribution in [0.1, 0.15) is 134 Å². The van der Waals surface area contributed by atoms with Crippen LogP contribution in [0.2, 0.25) is 0 Å². The molecule has 6 aliphatic rings. The number of aromatic nitrogens is 2. The third-order valence-corrected chi connectivity index (χ3v) is 17.3. The van der Waals surface area contributed by atoms with Crippen molar-refractivity contribution in [2.75, 3.05) is 124 Å². The van der Waals surface area contributed by atoms with Crippen LogP contribution in [0.15, 0.2) is 73.1 Å². The molecule has 2 unspecified atom stereocenters. The molecule has 7 amide bonds. The molecule has 4 atom stereocenters. The first-order chi connectivity index (χ1) is 41.3. The summed E-state index contributed by atoms with van der Waals surface area (Å²) in [6.45, 7) is 25.6. The maximum Gasteiger partial charge on any atom is 0.413 e. The SMILES string of the molecule is CC(C)C(=O)N1CC(c2ccc(N3CCN(C)CC3)cc2)N(C(=O)C(=O)Nc2cnc(NC(=O)OC(C)(C)C)c(C3CC3)c2)CC1C.CC(C)C(=O)N1C[C@@H](c2ccc(N3CCN(C)CC3)cc2)N(C(=O)C(=O)Nc2cnc(N)c(C3CC3)c2)C[C@@H]1C. The van der Waals surface area contributed by atoms with Crippen LogP contribution >= 0.6 is 0 Å². The highest BCUT2D eigenvalue weighted by Gasteiger charge is 2.42. The van der Waals surface area contributed by atoms with Gasteiger partial charge in [-0.05, 0) is 139 Å². The number of carbonyl (C=O) groups excluding carboxylic acids is 7. The van der Waals surface area contributed by atoms with E-state index < -0.39 is 47.4 Å². The standard InChI is InChI=1S/C35H49N7O5.C30H41N7O3/c1-22(2)32(44)41-21-29(25-10-12-27(13-11-25)40-16-14-39(7)15-17-40)42(20-23(41)3)33(45)31(43)37-26-18-28(24-8-9-24)30(36-19-26)38-34(46)47-35(4,5)6;1-19(2)29(39)36-18-26(22-7-9-24(10-8-22)35-13-11-34(4)12-14-35)37(17-20(36)3)30(40)28(38)33-23-15-25(21-5-6-21)27(31)32-16-23/h10-13,18-19,22-24,29H,8-9,14-17,20-21H2,1-7H3,(H,37,43)(H,36,38,46);7-10,15-16,19-21,26H,5-6,11-14,17-18H2,1-4H3,(H2,31,32)(H,33,38)/t;20-,26-/m.0/s1. The van der Waals surface area contributed by atoms with Crippen LogP contribution < -0.4 is 31.5 Å². The number of carbonyl (C=O) groups is 7. The summed E-state index contributed by atoms with van der Waals surface area (Å²) >= 11 is 0. The molecular weight excluding hydrogens is 1100 g/mol. The van der Waals surface area contributed by atoms with Crippen molar-refractivity contribution in [3.05, 3.63) is 95.3 Å². The maximum absolute atomic E-state index is 13.9. The molecule has 6 heterocycles. The Balaban J connectivity index is 0.000000210. The first-order valence-corrected chi connectivity index (χ1v) is 31.0. The number of anilines is 6. The molecule has 2 saturated carbocycles. The number of pyridine rings is 2. The maximum atomic E-state index is 13.9. The van der Waals surface area contributed by atoms with E-state index in [0.717, 1.165) is 112 Å². The van der Waals surface area contributed by atoms with Crippen LogP contribution in [0.4, 0.5) is 39.2 Å². The molecule has 4 saturated heterocycles. The van der Waals surface area contributed by atoms with Crippen LogP contribution in [-0.2, 0) is 33.5 Å². The molecule has 4 aromatic rings. The Hall–Kier alpha value is -7.85. The van der Waals surface area contributed by atoms with Crippen molar-refractivity contribution in [2.45, 2.75) is 130 Å². The molecule has 6 fully saturated rings. The van der Waals surface area contributed by atoms with Crippen molar-refractivity contribution < 1.29 is 38.3 Å². The molecule has 87 heavy (non-hydrogen) atoms. The largest absolute Gasteiger partial charge is 0.444 e. The second-order valence-corrected chi connectivity index (χ2v) is 26.1. The number of amides is 7. The Morgan fingerprint density at radius 3 is 1.32 bits per heavy atom. The number of piperazine rings is 4. The van der Waals surface area contributed by atoms with Gasteiger partial charge in [-0.15, -0.1) is 0 Å². The van der Waals surface area contributed by atoms with Gasteiger partial charge in [0.2, 0.25) is 11.8 Å². The number of nitrogen functional groups attached to an aromatic ring is 1. The smallest absolute Gasteiger partial charge is 0.413 e. The summed E-state index contributed by atoms with van der Waals surface area (Å²) in [7, 11) is 4.25. The molecule has 10 rings (SSSR count). The summed E-state index contributed by atoms with van der Waals surface area (Å²) < 4.78 is 5.38. The van der Waals surface area contributed by atoms with E-state index in [0.29, 0.717) is 42.0 Å². The van der Waals surface area contributed by atoms with Gasteiger partial charge in [-0.3, -0.25) is 34.1 Å². The first-order valence-electron chi connectivity index (χ1n) is 31.0. The molecule has 0 spiro atoms. The number of hydrogen-bond acceptors (Lipinski definition) is 15. The van der Waals surface area contributed by atoms with Crippen LogP contribution in [-0.4, -0.2) is 191 Å². The summed E-state index contributed by atoms with van der Waals surface area (Å²) in [5.74, 6) is -1.67. The highest BCUT2D eigenvalue weighted by molar-refractivity contribution is 6.40. The lowest BCUT2D eigenvalue weighted by Crippen LogP contribution is -2.59. The second kappa shape index (κ2) is 27.0. The molecule has 22 heteroatoms. The number of rotatable bonds is 11. The van der Waals surface area contributed by atoms with E-state index in [9.17, 15) is 33.6 Å². The van der Waals surface area contributed by atoms with E-state index in [-0.39, 0.29) is 54.7 Å². The Morgan fingerprint density at radius 2 is 0.931 bits per heavy atom. The zero-order chi connectivity index (χ0) is 62.6. The summed E-state index contributed by atoms with van der Waals surface area (Å²) in [6.07, 6.45) is 6.29. The Kier molecular flexibility index (Phi) is 19.8. The minimum absolute atomic E-state index is 0.0202. The van der Waals surface area contributed by atoms with Gasteiger partial charge < -0.3 is 60.3 Å². The van der Waals surface area contributed by atoms with Crippen LogP contribution in [0.25, 0.3) is 0 Å². The molecule has 468 valence electrons. The number of nitrogens with zero attached hydrogens (tertiary/aromatic N) is 10. The average Bonchev–Trinajstić information content (AvgIpc) is 2.65. The normalized spacial score (nSPS) is 21.3. The molecule has 22 nitrogen and oxygen atoms in total. The molecule has 2 aromatic heterocycles. The van der Waals surface area contributed by atoms with Gasteiger partial charge in [-0.2, -0.15) is 0 Å². The summed E-state index contributed by atoms with van der Waals surface area (Å²) in [5, 5.41) is 8.21. The lowest BCUT2D eigenvalue weighted by molar-refractivity contribution is -0.152. The summed E-state index contributed by atoms with van der Waals surface area (Å²) in [6, 6.07) is 18.5. The highest BCUT2D eigenvalue weighted by Crippen LogP contribution is 2.45. The third-order valence-electron chi connectivity index (χ3n) is 17.3. The van der Waals surface area contributed by atoms with E-state index in [4.69, 9.17) is 10.5 Å². The van der Waals surface area contributed by atoms with E-state index in [1.807, 2.05) is 81.7 Å². The van der Waals surface area contributed by atoms with Crippen molar-refractivity contribution in [1.82, 2.24) is 39.4 Å². The lowest BCUT2D eigenvalue weighted by atomic mass is 9.97. The lowest BCUT2D eigenvalue weighted by Gasteiger charge is -2.45. The molecule has 0 bridgehead atoms. The number of benzene rings is 2. The number of ether oxygens (including phenoxy) is 1. The zero-order valence-electron chi connectivity index (χ0n) is 52.7. The minimum atomic E-state index is -0.781. The van der Waals surface area contributed by atoms with E-state index in [1.54, 1.807) is 36.6 Å². The molecule has 2 aliphatic carbocycles. The third kappa shape index (κ3) is 15.8. The van der Waals surface area contributed by atoms with Gasteiger partial charge in [0.25, 0.3) is 0 Å². The van der Waals surface area contributed by atoms with E-state index >= 15 is 0 Å². The van der Waals surface area contributed by atoms with E-state index in [2.05, 4.69) is 83.9 Å². The average molecular weight is 1200 g/mol.